The molecule has 0 aliphatic carbocycles. The van der Waals surface area contributed by atoms with Crippen LogP contribution in [0.15, 0.2) is 16.6 Å². The van der Waals surface area contributed by atoms with E-state index in [1.54, 1.807) is 0 Å². The molecule has 1 fully saturated rings. The third-order valence-electron chi connectivity index (χ3n) is 2.90. The van der Waals surface area contributed by atoms with Crippen LogP contribution in [0.2, 0.25) is 0 Å². The summed E-state index contributed by atoms with van der Waals surface area (Å²) in [5.41, 5.74) is -0.00895. The van der Waals surface area contributed by atoms with Crippen molar-refractivity contribution in [3.8, 4) is 0 Å². The molecule has 0 radical (unpaired) electrons. The van der Waals surface area contributed by atoms with Gasteiger partial charge in [0, 0.05) is 6.54 Å². The smallest absolute Gasteiger partial charge is 0.145 e. The van der Waals surface area contributed by atoms with Crippen LogP contribution in [-0.2, 0) is 11.3 Å². The predicted molar refractivity (Wildman–Crippen MR) is 64.7 cm³/mol. The van der Waals surface area contributed by atoms with Gasteiger partial charge in [0.25, 0.3) is 0 Å². The fourth-order valence-electron chi connectivity index (χ4n) is 1.89. The first-order valence-electron chi connectivity index (χ1n) is 5.59. The monoisotopic (exact) mass is 305 g/mol. The molecule has 0 bridgehead atoms. The van der Waals surface area contributed by atoms with Crippen molar-refractivity contribution < 1.29 is 13.5 Å². The molecule has 1 aromatic rings. The van der Waals surface area contributed by atoms with Gasteiger partial charge in [-0.3, -0.25) is 0 Å². The van der Waals surface area contributed by atoms with E-state index in [2.05, 4.69) is 21.2 Å². The molecule has 0 saturated carbocycles. The fraction of sp³-hybridized carbons (Fsp3) is 0.500. The van der Waals surface area contributed by atoms with E-state index in [1.807, 2.05) is 0 Å². The maximum absolute atomic E-state index is 13.6. The lowest BCUT2D eigenvalue weighted by molar-refractivity contribution is 0.0883. The van der Waals surface area contributed by atoms with Gasteiger partial charge in [0.1, 0.15) is 11.6 Å². The Morgan fingerprint density at radius 1 is 1.41 bits per heavy atom. The molecule has 0 spiro atoms. The van der Waals surface area contributed by atoms with Crippen LogP contribution >= 0.6 is 15.9 Å². The van der Waals surface area contributed by atoms with Crippen molar-refractivity contribution in [1.82, 2.24) is 5.32 Å². The lowest BCUT2D eigenvalue weighted by atomic mass is 10.1. The van der Waals surface area contributed by atoms with Crippen LogP contribution < -0.4 is 5.32 Å². The normalized spacial score (nSPS) is 19.8. The Morgan fingerprint density at radius 2 is 2.24 bits per heavy atom. The summed E-state index contributed by atoms with van der Waals surface area (Å²) in [4.78, 5) is 0. The first kappa shape index (κ1) is 12.9. The molecule has 0 aromatic heterocycles. The SMILES string of the molecule is Fc1ccc(Br)c(F)c1COCC1CCNC1. The van der Waals surface area contributed by atoms with Gasteiger partial charge in [0.15, 0.2) is 0 Å². The quantitative estimate of drug-likeness (QED) is 0.864. The van der Waals surface area contributed by atoms with Crippen LogP contribution in [-0.4, -0.2) is 19.7 Å². The molecule has 1 unspecified atom stereocenters. The highest BCUT2D eigenvalue weighted by molar-refractivity contribution is 9.10. The van der Waals surface area contributed by atoms with Gasteiger partial charge < -0.3 is 10.1 Å². The third-order valence-corrected chi connectivity index (χ3v) is 3.51. The van der Waals surface area contributed by atoms with Gasteiger partial charge in [-0.1, -0.05) is 0 Å². The lowest BCUT2D eigenvalue weighted by Crippen LogP contribution is -2.14. The van der Waals surface area contributed by atoms with Gasteiger partial charge in [0.2, 0.25) is 0 Å². The van der Waals surface area contributed by atoms with Crippen LogP contribution in [0.5, 0.6) is 0 Å². The third kappa shape index (κ3) is 3.24. The minimum atomic E-state index is -0.574. The Morgan fingerprint density at radius 3 is 2.94 bits per heavy atom. The number of halogens is 3. The Kier molecular flexibility index (Phi) is 4.48. The number of nitrogens with one attached hydrogen (secondary N) is 1. The molecule has 1 atom stereocenters. The van der Waals surface area contributed by atoms with E-state index in [9.17, 15) is 8.78 Å². The Hall–Kier alpha value is -0.520. The second kappa shape index (κ2) is 5.89. The highest BCUT2D eigenvalue weighted by Crippen LogP contribution is 2.22. The first-order chi connectivity index (χ1) is 8.18. The van der Waals surface area contributed by atoms with E-state index in [4.69, 9.17) is 4.74 Å². The summed E-state index contributed by atoms with van der Waals surface area (Å²) in [6.07, 6.45) is 1.06. The number of hydrogen-bond donors (Lipinski definition) is 1. The molecule has 1 aromatic carbocycles. The van der Waals surface area contributed by atoms with Gasteiger partial charge in [-0.05, 0) is 46.9 Å². The summed E-state index contributed by atoms with van der Waals surface area (Å²) in [6.45, 7) is 2.43. The van der Waals surface area contributed by atoms with Crippen LogP contribution in [0.25, 0.3) is 0 Å². The van der Waals surface area contributed by atoms with Crippen molar-refractivity contribution in [2.45, 2.75) is 13.0 Å². The van der Waals surface area contributed by atoms with E-state index in [0.29, 0.717) is 12.5 Å². The molecule has 0 amide bonds. The zero-order valence-corrected chi connectivity index (χ0v) is 10.9. The molecule has 94 valence electrons. The standard InChI is InChI=1S/C12H14BrF2NO/c13-10-1-2-11(14)9(12(10)15)7-17-6-8-3-4-16-5-8/h1-2,8,16H,3-7H2. The van der Waals surface area contributed by atoms with Gasteiger partial charge in [0.05, 0.1) is 23.2 Å². The van der Waals surface area contributed by atoms with E-state index in [-0.39, 0.29) is 16.6 Å². The second-order valence-electron chi connectivity index (χ2n) is 4.20. The molecule has 2 nitrogen and oxygen atoms in total. The zero-order chi connectivity index (χ0) is 12.3. The van der Waals surface area contributed by atoms with Crippen molar-refractivity contribution >= 4 is 15.9 Å². The second-order valence-corrected chi connectivity index (χ2v) is 5.05. The summed E-state index contributed by atoms with van der Waals surface area (Å²) in [7, 11) is 0. The first-order valence-corrected chi connectivity index (χ1v) is 6.38. The lowest BCUT2D eigenvalue weighted by Gasteiger charge is -2.11. The molecule has 1 aliphatic heterocycles. The molecule has 1 N–H and O–H groups in total. The number of hydrogen-bond acceptors (Lipinski definition) is 2. The molecule has 1 heterocycles. The molecular weight excluding hydrogens is 292 g/mol. The predicted octanol–water partition coefficient (Wildman–Crippen LogP) is 2.85. The zero-order valence-electron chi connectivity index (χ0n) is 9.31. The average Bonchev–Trinajstić information content (AvgIpc) is 2.81. The topological polar surface area (TPSA) is 21.3 Å². The van der Waals surface area contributed by atoms with E-state index in [1.165, 1.54) is 12.1 Å². The molecular formula is C12H14BrF2NO. The Labute approximate surface area is 107 Å². The van der Waals surface area contributed by atoms with Crippen molar-refractivity contribution in [2.75, 3.05) is 19.7 Å². The maximum Gasteiger partial charge on any atom is 0.145 e. The van der Waals surface area contributed by atoms with Crippen LogP contribution in [0.4, 0.5) is 8.78 Å². The van der Waals surface area contributed by atoms with E-state index >= 15 is 0 Å². The summed E-state index contributed by atoms with van der Waals surface area (Å²) in [6, 6.07) is 2.60. The average molecular weight is 306 g/mol. The van der Waals surface area contributed by atoms with E-state index in [0.717, 1.165) is 19.5 Å². The largest absolute Gasteiger partial charge is 0.376 e. The molecule has 2 rings (SSSR count). The summed E-state index contributed by atoms with van der Waals surface area (Å²) < 4.78 is 32.6. The Bertz CT molecular complexity index is 394. The van der Waals surface area contributed by atoms with Crippen molar-refractivity contribution in [1.29, 1.82) is 0 Å². The molecule has 1 aliphatic rings. The number of ether oxygens (including phenoxy) is 1. The number of rotatable bonds is 4. The minimum absolute atomic E-state index is 0.00895. The fourth-order valence-corrected chi connectivity index (χ4v) is 2.26. The molecule has 1 saturated heterocycles. The summed E-state index contributed by atoms with van der Waals surface area (Å²) in [5.74, 6) is -0.682. The van der Waals surface area contributed by atoms with E-state index < -0.39 is 11.6 Å². The van der Waals surface area contributed by atoms with Crippen molar-refractivity contribution in [2.24, 2.45) is 5.92 Å². The summed E-state index contributed by atoms with van der Waals surface area (Å²) in [5, 5.41) is 3.22. The number of benzene rings is 1. The van der Waals surface area contributed by atoms with Gasteiger partial charge in [-0.2, -0.15) is 0 Å². The van der Waals surface area contributed by atoms with Gasteiger partial charge >= 0.3 is 0 Å². The van der Waals surface area contributed by atoms with Gasteiger partial charge in [-0.15, -0.1) is 0 Å². The highest BCUT2D eigenvalue weighted by atomic mass is 79.9. The van der Waals surface area contributed by atoms with Crippen LogP contribution in [0.3, 0.4) is 0 Å². The van der Waals surface area contributed by atoms with Crippen LogP contribution in [0, 0.1) is 17.6 Å². The summed E-state index contributed by atoms with van der Waals surface area (Å²) >= 11 is 3.03. The van der Waals surface area contributed by atoms with Crippen molar-refractivity contribution in [3.05, 3.63) is 33.8 Å². The van der Waals surface area contributed by atoms with Crippen LogP contribution in [0.1, 0.15) is 12.0 Å². The Balaban J connectivity index is 1.91. The van der Waals surface area contributed by atoms with Crippen molar-refractivity contribution in [3.63, 3.8) is 0 Å². The molecule has 5 heteroatoms. The minimum Gasteiger partial charge on any atom is -0.376 e. The molecule has 17 heavy (non-hydrogen) atoms. The highest BCUT2D eigenvalue weighted by Gasteiger charge is 2.16. The van der Waals surface area contributed by atoms with Gasteiger partial charge in [-0.25, -0.2) is 8.78 Å². The maximum atomic E-state index is 13.6.